The Balaban J connectivity index is 2.99. The van der Waals surface area contributed by atoms with E-state index in [4.69, 9.17) is 11.6 Å². The van der Waals surface area contributed by atoms with Crippen LogP contribution in [0.15, 0.2) is 22.7 Å². The number of hydrogen-bond donors (Lipinski definition) is 0. The third-order valence-corrected chi connectivity index (χ3v) is 3.23. The molecule has 0 aliphatic heterocycles. The summed E-state index contributed by atoms with van der Waals surface area (Å²) in [6, 6.07) is 4.47. The van der Waals surface area contributed by atoms with Crippen LogP contribution < -0.4 is 0 Å². The molecule has 0 saturated carbocycles. The highest BCUT2D eigenvalue weighted by Crippen LogP contribution is 2.24. The van der Waals surface area contributed by atoms with E-state index >= 15 is 0 Å². The molecule has 0 saturated heterocycles. The molecule has 0 atom stereocenters. The van der Waals surface area contributed by atoms with Crippen LogP contribution in [0.5, 0.6) is 0 Å². The highest BCUT2D eigenvalue weighted by Gasteiger charge is 2.09. The van der Waals surface area contributed by atoms with Crippen LogP contribution in [0.3, 0.4) is 0 Å². The molecule has 0 aliphatic rings. The lowest BCUT2D eigenvalue weighted by Gasteiger charge is -1.99. The molecule has 0 N–H and O–H groups in total. The van der Waals surface area contributed by atoms with Crippen LogP contribution >= 0.6 is 27.5 Å². The fourth-order valence-corrected chi connectivity index (χ4v) is 1.86. The maximum absolute atomic E-state index is 12.2. The van der Waals surface area contributed by atoms with Gasteiger partial charge in [0.1, 0.15) is 5.75 Å². The second-order valence-corrected chi connectivity index (χ2v) is 5.06. The first-order valence-corrected chi connectivity index (χ1v) is 5.97. The molecule has 6 heteroatoms. The van der Waals surface area contributed by atoms with Gasteiger partial charge in [-0.05, 0) is 33.6 Å². The fraction of sp³-hybridized carbons (Fsp3) is 0.143. The molecule has 2 nitrogen and oxygen atoms in total. The van der Waals surface area contributed by atoms with Gasteiger partial charge in [0.05, 0.1) is 5.02 Å². The zero-order valence-electron chi connectivity index (χ0n) is 6.30. The van der Waals surface area contributed by atoms with Crippen LogP contribution in [0, 0.1) is 0 Å². The summed E-state index contributed by atoms with van der Waals surface area (Å²) < 4.78 is 33.4. The average Bonchev–Trinajstić information content (AvgIpc) is 1.94. The average molecular weight is 288 g/mol. The Kier molecular flexibility index (Phi) is 3.32. The first-order valence-electron chi connectivity index (χ1n) is 3.25. The van der Waals surface area contributed by atoms with E-state index in [2.05, 4.69) is 15.9 Å². The predicted molar refractivity (Wildman–Crippen MR) is 52.9 cm³/mol. The Morgan fingerprint density at radius 1 is 1.46 bits per heavy atom. The standard InChI is InChI=1S/C7H5BrClFO2S/c8-6-2-1-5(3-7(6)9)4-13(10,11)12/h1-3H,4H2. The molecule has 1 aromatic carbocycles. The number of halogens is 3. The molecule has 0 unspecified atom stereocenters. The Morgan fingerprint density at radius 3 is 2.54 bits per heavy atom. The second-order valence-electron chi connectivity index (χ2n) is 2.43. The van der Waals surface area contributed by atoms with Gasteiger partial charge in [-0.15, -0.1) is 3.89 Å². The molecule has 1 rings (SSSR count). The third-order valence-electron chi connectivity index (χ3n) is 1.32. The van der Waals surface area contributed by atoms with Crippen molar-refractivity contribution in [1.29, 1.82) is 0 Å². The van der Waals surface area contributed by atoms with Gasteiger partial charge in [-0.25, -0.2) is 0 Å². The van der Waals surface area contributed by atoms with Crippen LogP contribution in [0.25, 0.3) is 0 Å². The van der Waals surface area contributed by atoms with Crippen molar-refractivity contribution in [2.75, 3.05) is 0 Å². The highest BCUT2D eigenvalue weighted by atomic mass is 79.9. The smallest absolute Gasteiger partial charge is 0.194 e. The Hall–Kier alpha value is -0.130. The molecule has 0 amide bonds. The van der Waals surface area contributed by atoms with Crippen molar-refractivity contribution < 1.29 is 12.3 Å². The molecule has 0 aliphatic carbocycles. The van der Waals surface area contributed by atoms with Gasteiger partial charge in [0.25, 0.3) is 0 Å². The summed E-state index contributed by atoms with van der Waals surface area (Å²) in [5.74, 6) is -0.639. The first-order chi connectivity index (χ1) is 5.88. The van der Waals surface area contributed by atoms with Gasteiger partial charge in [-0.3, -0.25) is 0 Å². The molecule has 72 valence electrons. The van der Waals surface area contributed by atoms with Crippen molar-refractivity contribution >= 4 is 37.8 Å². The van der Waals surface area contributed by atoms with Crippen molar-refractivity contribution in [2.45, 2.75) is 5.75 Å². The number of benzene rings is 1. The summed E-state index contributed by atoms with van der Waals surface area (Å²) >= 11 is 8.81. The first kappa shape index (κ1) is 10.9. The van der Waals surface area contributed by atoms with E-state index in [1.165, 1.54) is 12.1 Å². The summed E-state index contributed by atoms with van der Waals surface area (Å²) in [5.41, 5.74) is 0.329. The quantitative estimate of drug-likeness (QED) is 0.784. The van der Waals surface area contributed by atoms with Gasteiger partial charge in [-0.2, -0.15) is 8.42 Å². The minimum atomic E-state index is -4.48. The molecule has 0 bridgehead atoms. The lowest BCUT2D eigenvalue weighted by Crippen LogP contribution is -1.95. The van der Waals surface area contributed by atoms with E-state index in [0.717, 1.165) is 0 Å². The zero-order chi connectivity index (χ0) is 10.1. The minimum Gasteiger partial charge on any atom is -0.194 e. The van der Waals surface area contributed by atoms with E-state index in [0.29, 0.717) is 15.1 Å². The van der Waals surface area contributed by atoms with Gasteiger partial charge < -0.3 is 0 Å². The molecule has 0 radical (unpaired) electrons. The van der Waals surface area contributed by atoms with Gasteiger partial charge >= 0.3 is 10.2 Å². The number of rotatable bonds is 2. The van der Waals surface area contributed by atoms with Crippen molar-refractivity contribution in [2.24, 2.45) is 0 Å². The summed E-state index contributed by atoms with van der Waals surface area (Å²) in [7, 11) is -4.48. The van der Waals surface area contributed by atoms with Gasteiger partial charge in [-0.1, -0.05) is 17.7 Å². The van der Waals surface area contributed by atoms with Crippen molar-refractivity contribution in [3.05, 3.63) is 33.3 Å². The van der Waals surface area contributed by atoms with Crippen LogP contribution in [0.4, 0.5) is 3.89 Å². The lowest BCUT2D eigenvalue weighted by molar-refractivity contribution is 0.551. The summed E-state index contributed by atoms with van der Waals surface area (Å²) in [6.07, 6.45) is 0. The third kappa shape index (κ3) is 3.62. The van der Waals surface area contributed by atoms with E-state index in [-0.39, 0.29) is 0 Å². The molecular formula is C7H5BrClFO2S. The predicted octanol–water partition coefficient (Wildman–Crippen LogP) is 2.90. The van der Waals surface area contributed by atoms with Gasteiger partial charge in [0.15, 0.2) is 0 Å². The molecule has 0 heterocycles. The molecule has 0 aromatic heterocycles. The van der Waals surface area contributed by atoms with Crippen molar-refractivity contribution in [3.8, 4) is 0 Å². The summed E-state index contributed by atoms with van der Waals surface area (Å²) in [5, 5.41) is 0.362. The van der Waals surface area contributed by atoms with Crippen LogP contribution in [0.2, 0.25) is 5.02 Å². The monoisotopic (exact) mass is 286 g/mol. The Labute approximate surface area is 89.1 Å². The van der Waals surface area contributed by atoms with E-state index < -0.39 is 16.0 Å². The largest absolute Gasteiger partial charge is 0.306 e. The molecule has 0 spiro atoms. The number of hydrogen-bond acceptors (Lipinski definition) is 2. The molecular weight excluding hydrogens is 282 g/mol. The zero-order valence-corrected chi connectivity index (χ0v) is 9.46. The van der Waals surface area contributed by atoms with Crippen LogP contribution in [-0.2, 0) is 16.0 Å². The van der Waals surface area contributed by atoms with Gasteiger partial charge in [0, 0.05) is 4.47 Å². The molecule has 0 fully saturated rings. The SMILES string of the molecule is O=S(=O)(F)Cc1ccc(Br)c(Cl)c1. The fourth-order valence-electron chi connectivity index (χ4n) is 0.828. The molecule has 13 heavy (non-hydrogen) atoms. The van der Waals surface area contributed by atoms with Crippen molar-refractivity contribution in [1.82, 2.24) is 0 Å². The van der Waals surface area contributed by atoms with E-state index in [9.17, 15) is 12.3 Å². The maximum atomic E-state index is 12.2. The normalized spacial score (nSPS) is 11.6. The van der Waals surface area contributed by atoms with Crippen LogP contribution in [0.1, 0.15) is 5.56 Å². The lowest BCUT2D eigenvalue weighted by atomic mass is 10.2. The van der Waals surface area contributed by atoms with Crippen LogP contribution in [-0.4, -0.2) is 8.42 Å². The van der Waals surface area contributed by atoms with E-state index in [1.807, 2.05) is 0 Å². The minimum absolute atomic E-state index is 0.329. The highest BCUT2D eigenvalue weighted by molar-refractivity contribution is 9.10. The second kappa shape index (κ2) is 3.94. The Bertz CT molecular complexity index is 419. The Morgan fingerprint density at radius 2 is 2.08 bits per heavy atom. The summed E-state index contributed by atoms with van der Waals surface area (Å²) in [4.78, 5) is 0. The van der Waals surface area contributed by atoms with Gasteiger partial charge in [0.2, 0.25) is 0 Å². The van der Waals surface area contributed by atoms with E-state index in [1.54, 1.807) is 6.07 Å². The van der Waals surface area contributed by atoms with Crippen molar-refractivity contribution in [3.63, 3.8) is 0 Å². The topological polar surface area (TPSA) is 34.1 Å². The molecule has 1 aromatic rings. The maximum Gasteiger partial charge on any atom is 0.306 e. The summed E-state index contributed by atoms with van der Waals surface area (Å²) in [6.45, 7) is 0.